The second kappa shape index (κ2) is 9.50. The molecule has 1 aromatic carbocycles. The number of carbonyl (C=O) groups is 2. The second-order valence-electron chi connectivity index (χ2n) is 6.06. The van der Waals surface area contributed by atoms with Crippen molar-refractivity contribution < 1.29 is 9.59 Å². The number of unbranched alkanes of at least 4 members (excludes halogenated alkanes) is 2. The Labute approximate surface area is 153 Å². The molecule has 138 valence electrons. The molecular formula is C19H25N5O2. The lowest BCUT2D eigenvalue weighted by Gasteiger charge is -2.09. The SMILES string of the molecule is CCCCCNC(=O)c1cc(C)nc(Nc2ccc(NC(C)=O)cc2)n1. The third-order valence-corrected chi connectivity index (χ3v) is 3.61. The normalized spacial score (nSPS) is 10.3. The summed E-state index contributed by atoms with van der Waals surface area (Å²) in [7, 11) is 0. The molecule has 1 heterocycles. The number of carbonyl (C=O) groups excluding carboxylic acids is 2. The number of hydrogen-bond acceptors (Lipinski definition) is 5. The Bertz CT molecular complexity index is 759. The highest BCUT2D eigenvalue weighted by atomic mass is 16.2. The molecule has 2 aromatic rings. The first-order chi connectivity index (χ1) is 12.5. The van der Waals surface area contributed by atoms with Crippen LogP contribution in [0, 0.1) is 6.92 Å². The van der Waals surface area contributed by atoms with Gasteiger partial charge >= 0.3 is 0 Å². The molecule has 0 spiro atoms. The van der Waals surface area contributed by atoms with Gasteiger partial charge in [-0.3, -0.25) is 9.59 Å². The van der Waals surface area contributed by atoms with Crippen LogP contribution in [-0.4, -0.2) is 28.3 Å². The average Bonchev–Trinajstić information content (AvgIpc) is 2.59. The largest absolute Gasteiger partial charge is 0.351 e. The van der Waals surface area contributed by atoms with Crippen molar-refractivity contribution in [3.8, 4) is 0 Å². The van der Waals surface area contributed by atoms with Gasteiger partial charge < -0.3 is 16.0 Å². The van der Waals surface area contributed by atoms with Gasteiger partial charge in [-0.05, 0) is 43.7 Å². The van der Waals surface area contributed by atoms with Crippen LogP contribution in [0.1, 0.15) is 49.3 Å². The fourth-order valence-electron chi connectivity index (χ4n) is 2.38. The summed E-state index contributed by atoms with van der Waals surface area (Å²) >= 11 is 0. The van der Waals surface area contributed by atoms with Gasteiger partial charge in [0.2, 0.25) is 11.9 Å². The highest BCUT2D eigenvalue weighted by molar-refractivity contribution is 5.92. The summed E-state index contributed by atoms with van der Waals surface area (Å²) in [6.07, 6.45) is 3.15. The lowest BCUT2D eigenvalue weighted by atomic mass is 10.2. The molecule has 0 bridgehead atoms. The number of aryl methyl sites for hydroxylation is 1. The van der Waals surface area contributed by atoms with E-state index in [9.17, 15) is 9.59 Å². The van der Waals surface area contributed by atoms with Gasteiger partial charge in [-0.2, -0.15) is 0 Å². The Balaban J connectivity index is 2.04. The zero-order valence-corrected chi connectivity index (χ0v) is 15.4. The van der Waals surface area contributed by atoms with Gasteiger partial charge in [-0.25, -0.2) is 9.97 Å². The molecule has 7 nitrogen and oxygen atoms in total. The number of rotatable bonds is 8. The molecule has 0 saturated carbocycles. The monoisotopic (exact) mass is 355 g/mol. The van der Waals surface area contributed by atoms with E-state index in [0.29, 0.717) is 29.6 Å². The van der Waals surface area contributed by atoms with Crippen LogP contribution in [0.15, 0.2) is 30.3 Å². The summed E-state index contributed by atoms with van der Waals surface area (Å²) in [4.78, 5) is 31.9. The zero-order chi connectivity index (χ0) is 18.9. The van der Waals surface area contributed by atoms with Crippen LogP contribution in [0.2, 0.25) is 0 Å². The molecule has 7 heteroatoms. The van der Waals surface area contributed by atoms with Gasteiger partial charge in [0.15, 0.2) is 0 Å². The van der Waals surface area contributed by atoms with Crippen molar-refractivity contribution in [1.29, 1.82) is 0 Å². The first-order valence-electron chi connectivity index (χ1n) is 8.76. The van der Waals surface area contributed by atoms with Crippen molar-refractivity contribution >= 4 is 29.1 Å². The minimum atomic E-state index is -0.198. The summed E-state index contributed by atoms with van der Waals surface area (Å²) < 4.78 is 0. The van der Waals surface area contributed by atoms with E-state index in [1.165, 1.54) is 6.92 Å². The summed E-state index contributed by atoms with van der Waals surface area (Å²) in [5, 5.41) is 8.67. The predicted octanol–water partition coefficient (Wildman–Crippen LogP) is 3.41. The summed E-state index contributed by atoms with van der Waals surface area (Å²) in [5.41, 5.74) is 2.52. The molecule has 2 amide bonds. The van der Waals surface area contributed by atoms with Gasteiger partial charge in [-0.1, -0.05) is 19.8 Å². The first-order valence-corrected chi connectivity index (χ1v) is 8.76. The molecule has 0 aliphatic heterocycles. The number of nitrogens with one attached hydrogen (secondary N) is 3. The average molecular weight is 355 g/mol. The molecule has 0 atom stereocenters. The molecule has 3 N–H and O–H groups in total. The molecule has 26 heavy (non-hydrogen) atoms. The third-order valence-electron chi connectivity index (χ3n) is 3.61. The van der Waals surface area contributed by atoms with Crippen LogP contribution in [-0.2, 0) is 4.79 Å². The Morgan fingerprint density at radius 3 is 2.38 bits per heavy atom. The molecule has 1 aromatic heterocycles. The molecule has 2 rings (SSSR count). The molecule has 0 saturated heterocycles. The van der Waals surface area contributed by atoms with Gasteiger partial charge in [0.1, 0.15) is 5.69 Å². The highest BCUT2D eigenvalue weighted by Gasteiger charge is 2.10. The van der Waals surface area contributed by atoms with Crippen molar-refractivity contribution in [2.45, 2.75) is 40.0 Å². The van der Waals surface area contributed by atoms with E-state index in [0.717, 1.165) is 24.9 Å². The van der Waals surface area contributed by atoms with Crippen molar-refractivity contribution in [3.63, 3.8) is 0 Å². The summed E-state index contributed by atoms with van der Waals surface area (Å²) in [6, 6.07) is 8.84. The maximum absolute atomic E-state index is 12.2. The van der Waals surface area contributed by atoms with Crippen molar-refractivity contribution in [1.82, 2.24) is 15.3 Å². The van der Waals surface area contributed by atoms with E-state index in [1.54, 1.807) is 18.2 Å². The van der Waals surface area contributed by atoms with Gasteiger partial charge in [-0.15, -0.1) is 0 Å². The number of benzene rings is 1. The quantitative estimate of drug-likeness (QED) is 0.631. The second-order valence-corrected chi connectivity index (χ2v) is 6.06. The van der Waals surface area contributed by atoms with Crippen LogP contribution in [0.3, 0.4) is 0 Å². The lowest BCUT2D eigenvalue weighted by molar-refractivity contribution is -0.114. The summed E-state index contributed by atoms with van der Waals surface area (Å²) in [6.45, 7) is 6.04. The highest BCUT2D eigenvalue weighted by Crippen LogP contribution is 2.17. The summed E-state index contributed by atoms with van der Waals surface area (Å²) in [5.74, 6) is 0.0361. The Kier molecular flexibility index (Phi) is 7.08. The number of nitrogens with zero attached hydrogens (tertiary/aromatic N) is 2. The number of hydrogen-bond donors (Lipinski definition) is 3. The Morgan fingerprint density at radius 1 is 1.04 bits per heavy atom. The molecule has 0 radical (unpaired) electrons. The van der Waals surface area contributed by atoms with E-state index < -0.39 is 0 Å². The van der Waals surface area contributed by atoms with E-state index in [-0.39, 0.29) is 11.8 Å². The van der Waals surface area contributed by atoms with Gasteiger partial charge in [0.05, 0.1) is 0 Å². The van der Waals surface area contributed by atoms with Gasteiger partial charge in [0.25, 0.3) is 5.91 Å². The predicted molar refractivity (Wildman–Crippen MR) is 103 cm³/mol. The smallest absolute Gasteiger partial charge is 0.270 e. The zero-order valence-electron chi connectivity index (χ0n) is 15.4. The maximum Gasteiger partial charge on any atom is 0.270 e. The molecule has 0 unspecified atom stereocenters. The maximum atomic E-state index is 12.2. The molecular weight excluding hydrogens is 330 g/mol. The fourth-order valence-corrected chi connectivity index (χ4v) is 2.38. The van der Waals surface area contributed by atoms with Crippen LogP contribution >= 0.6 is 0 Å². The lowest BCUT2D eigenvalue weighted by Crippen LogP contribution is -2.25. The van der Waals surface area contributed by atoms with Crippen LogP contribution in [0.4, 0.5) is 17.3 Å². The standard InChI is InChI=1S/C19H25N5O2/c1-4-5-6-11-20-18(26)17-12-13(2)21-19(24-17)23-16-9-7-15(8-10-16)22-14(3)25/h7-10,12H,4-6,11H2,1-3H3,(H,20,26)(H,22,25)(H,21,23,24). The first kappa shape index (κ1) is 19.4. The topological polar surface area (TPSA) is 96.0 Å². The Hall–Kier alpha value is -2.96. The van der Waals surface area contributed by atoms with Crippen molar-refractivity contribution in [2.75, 3.05) is 17.2 Å². The van der Waals surface area contributed by atoms with E-state index in [2.05, 4.69) is 32.8 Å². The molecule has 0 aliphatic rings. The van der Waals surface area contributed by atoms with Crippen LogP contribution < -0.4 is 16.0 Å². The van der Waals surface area contributed by atoms with Crippen molar-refractivity contribution in [2.24, 2.45) is 0 Å². The minimum absolute atomic E-state index is 0.123. The van der Waals surface area contributed by atoms with Crippen molar-refractivity contribution in [3.05, 3.63) is 41.7 Å². The van der Waals surface area contributed by atoms with E-state index >= 15 is 0 Å². The van der Waals surface area contributed by atoms with E-state index in [4.69, 9.17) is 0 Å². The number of aromatic nitrogens is 2. The van der Waals surface area contributed by atoms with Gasteiger partial charge in [0, 0.05) is 30.5 Å². The molecule has 0 fully saturated rings. The van der Waals surface area contributed by atoms with Crippen LogP contribution in [0.5, 0.6) is 0 Å². The number of amides is 2. The third kappa shape index (κ3) is 6.16. The fraction of sp³-hybridized carbons (Fsp3) is 0.368. The number of anilines is 3. The molecule has 0 aliphatic carbocycles. The Morgan fingerprint density at radius 2 is 1.73 bits per heavy atom. The van der Waals surface area contributed by atoms with Crippen LogP contribution in [0.25, 0.3) is 0 Å². The van der Waals surface area contributed by atoms with E-state index in [1.807, 2.05) is 19.1 Å². The minimum Gasteiger partial charge on any atom is -0.351 e.